The van der Waals surface area contributed by atoms with Gasteiger partial charge in [-0.05, 0) is 56.8 Å². The lowest BCUT2D eigenvalue weighted by Crippen LogP contribution is -2.56. The van der Waals surface area contributed by atoms with Crippen molar-refractivity contribution in [2.75, 3.05) is 62.7 Å². The molecule has 1 amide bonds. The van der Waals surface area contributed by atoms with Gasteiger partial charge in [-0.1, -0.05) is 42.4 Å². The normalized spacial score (nSPS) is 19.6. The minimum Gasteiger partial charge on any atom is -0.462 e. The maximum Gasteiger partial charge on any atom is 0.318 e. The van der Waals surface area contributed by atoms with Gasteiger partial charge in [0, 0.05) is 55.4 Å². The number of ether oxygens (including phenoxy) is 1. The van der Waals surface area contributed by atoms with Crippen molar-refractivity contribution in [3.8, 4) is 6.01 Å². The minimum atomic E-state index is -1.08. The standard InChI is InChI=1S/C34H39ClFN7O2/c1-5-30(44)43-17-16-42(19-25(43)18-37-3)32-26-12-15-41(29-11-7-9-24-8-6-10-27(35)31(24)29)20-28(26)38-33(39-32)45-21-23(2)40(4)22-34(36)13-14-34/h5-11,23,25H,1,12-22H2,2,4H3/t23-,25+/m1/s1. The summed E-state index contributed by atoms with van der Waals surface area (Å²) in [7, 11) is 1.92. The Bertz CT molecular complexity index is 1640. The molecule has 0 spiro atoms. The molecule has 0 N–H and O–H groups in total. The molecular weight excluding hydrogens is 593 g/mol. The average molecular weight is 632 g/mol. The molecule has 1 aromatic heterocycles. The minimum absolute atomic E-state index is 0.0351. The Morgan fingerprint density at radius 1 is 1.24 bits per heavy atom. The SMILES string of the molecule is [C-]#[N+]C[C@H]1CN(c2nc(OC[C@@H](C)N(C)CC3(F)CC3)nc3c2CCN(c2cccc4cccc(Cl)c24)C3)CCN1C(=O)C=C. The molecule has 9 nitrogen and oxygen atoms in total. The maximum atomic E-state index is 14.4. The van der Waals surface area contributed by atoms with Crippen molar-refractivity contribution < 1.29 is 13.9 Å². The lowest BCUT2D eigenvalue weighted by molar-refractivity contribution is -0.128. The van der Waals surface area contributed by atoms with E-state index >= 15 is 0 Å². The number of nitrogens with zero attached hydrogens (tertiary/aromatic N) is 7. The summed E-state index contributed by atoms with van der Waals surface area (Å²) in [5, 5.41) is 2.80. The largest absolute Gasteiger partial charge is 0.462 e. The molecule has 2 atom stereocenters. The quantitative estimate of drug-likeness (QED) is 0.226. The fourth-order valence-corrected chi connectivity index (χ4v) is 6.67. The molecule has 3 aromatic rings. The van der Waals surface area contributed by atoms with Gasteiger partial charge in [0.15, 0.2) is 0 Å². The van der Waals surface area contributed by atoms with Gasteiger partial charge in [-0.15, -0.1) is 0 Å². The smallest absolute Gasteiger partial charge is 0.318 e. The van der Waals surface area contributed by atoms with Crippen molar-refractivity contribution in [1.82, 2.24) is 19.8 Å². The predicted molar refractivity (Wildman–Crippen MR) is 176 cm³/mol. The van der Waals surface area contributed by atoms with E-state index in [4.69, 9.17) is 32.9 Å². The van der Waals surface area contributed by atoms with Crippen LogP contribution in [0.4, 0.5) is 15.9 Å². The molecule has 11 heteroatoms. The number of carbonyl (C=O) groups excluding carboxylic acids is 1. The molecule has 1 aliphatic carbocycles. The molecule has 236 valence electrons. The number of amides is 1. The fourth-order valence-electron chi connectivity index (χ4n) is 6.40. The summed E-state index contributed by atoms with van der Waals surface area (Å²) in [6.07, 6.45) is 3.25. The number of halogens is 2. The van der Waals surface area contributed by atoms with Crippen LogP contribution in [0.25, 0.3) is 15.6 Å². The Hall–Kier alpha value is -3.94. The number of hydrogen-bond acceptors (Lipinski definition) is 7. The van der Waals surface area contributed by atoms with Crippen LogP contribution in [0.2, 0.25) is 5.02 Å². The lowest BCUT2D eigenvalue weighted by atomic mass is 10.0. The number of anilines is 2. The lowest BCUT2D eigenvalue weighted by Gasteiger charge is -2.41. The van der Waals surface area contributed by atoms with Crippen LogP contribution in [0.3, 0.4) is 0 Å². The highest BCUT2D eigenvalue weighted by molar-refractivity contribution is 6.36. The maximum absolute atomic E-state index is 14.4. The zero-order chi connectivity index (χ0) is 31.7. The van der Waals surface area contributed by atoms with Crippen molar-refractivity contribution in [1.29, 1.82) is 0 Å². The van der Waals surface area contributed by atoms with Crippen LogP contribution in [0, 0.1) is 6.57 Å². The first-order chi connectivity index (χ1) is 21.7. The van der Waals surface area contributed by atoms with Crippen molar-refractivity contribution in [3.63, 3.8) is 0 Å². The van der Waals surface area contributed by atoms with Crippen LogP contribution in [0.1, 0.15) is 31.0 Å². The third-order valence-corrected chi connectivity index (χ3v) is 9.58. The Balaban J connectivity index is 1.31. The number of carbonyl (C=O) groups is 1. The summed E-state index contributed by atoms with van der Waals surface area (Å²) in [5.41, 5.74) is 1.89. The Morgan fingerprint density at radius 3 is 2.76 bits per heavy atom. The number of fused-ring (bicyclic) bond motifs is 2. The predicted octanol–water partition coefficient (Wildman–Crippen LogP) is 5.17. The number of alkyl halides is 1. The third-order valence-electron chi connectivity index (χ3n) is 9.27. The van der Waals surface area contributed by atoms with Gasteiger partial charge in [-0.25, -0.2) is 11.0 Å². The molecule has 3 aliphatic rings. The van der Waals surface area contributed by atoms with Crippen molar-refractivity contribution in [2.45, 2.75) is 50.5 Å². The van der Waals surface area contributed by atoms with E-state index in [-0.39, 0.29) is 30.5 Å². The van der Waals surface area contributed by atoms with E-state index in [1.165, 1.54) is 6.08 Å². The van der Waals surface area contributed by atoms with Gasteiger partial charge in [0.2, 0.25) is 12.5 Å². The molecule has 45 heavy (non-hydrogen) atoms. The van der Waals surface area contributed by atoms with E-state index in [9.17, 15) is 9.18 Å². The Labute approximate surface area is 269 Å². The first-order valence-electron chi connectivity index (χ1n) is 15.5. The highest BCUT2D eigenvalue weighted by atomic mass is 35.5. The van der Waals surface area contributed by atoms with Crippen molar-refractivity contribution in [2.24, 2.45) is 0 Å². The highest BCUT2D eigenvalue weighted by Crippen LogP contribution is 2.40. The second-order valence-corrected chi connectivity index (χ2v) is 12.9. The number of rotatable bonds is 10. The second kappa shape index (κ2) is 12.8. The number of aromatic nitrogens is 2. The molecule has 0 radical (unpaired) electrons. The molecule has 3 heterocycles. The van der Waals surface area contributed by atoms with E-state index in [0.717, 1.165) is 40.1 Å². The Morgan fingerprint density at radius 2 is 2.02 bits per heavy atom. The summed E-state index contributed by atoms with van der Waals surface area (Å²) in [5.74, 6) is 0.619. The van der Waals surface area contributed by atoms with Gasteiger partial charge in [-0.2, -0.15) is 9.97 Å². The van der Waals surface area contributed by atoms with Gasteiger partial charge in [-0.3, -0.25) is 9.69 Å². The summed E-state index contributed by atoms with van der Waals surface area (Å²) < 4.78 is 20.7. The number of hydrogen-bond donors (Lipinski definition) is 0. The molecule has 0 unspecified atom stereocenters. The average Bonchev–Trinajstić information content (AvgIpc) is 3.78. The molecule has 1 saturated heterocycles. The highest BCUT2D eigenvalue weighted by Gasteiger charge is 2.44. The molecule has 2 aromatic carbocycles. The van der Waals surface area contributed by atoms with Crippen LogP contribution in [0.5, 0.6) is 6.01 Å². The fraction of sp³-hybridized carbons (Fsp3) is 0.471. The third kappa shape index (κ3) is 6.56. The Kier molecular flexibility index (Phi) is 8.85. The van der Waals surface area contributed by atoms with Gasteiger partial charge < -0.3 is 24.3 Å². The van der Waals surface area contributed by atoms with E-state index < -0.39 is 5.67 Å². The summed E-state index contributed by atoms with van der Waals surface area (Å²) in [6, 6.07) is 12.1. The first-order valence-corrected chi connectivity index (χ1v) is 15.9. The van der Waals surface area contributed by atoms with Crippen LogP contribution in [0.15, 0.2) is 49.1 Å². The molecule has 6 rings (SSSR count). The summed E-state index contributed by atoms with van der Waals surface area (Å²) in [4.78, 5) is 34.2. The van der Waals surface area contributed by atoms with Crippen LogP contribution in [-0.2, 0) is 17.8 Å². The molecule has 2 aliphatic heterocycles. The molecule has 0 bridgehead atoms. The summed E-state index contributed by atoms with van der Waals surface area (Å²) >= 11 is 6.70. The monoisotopic (exact) mass is 631 g/mol. The van der Waals surface area contributed by atoms with E-state index in [1.54, 1.807) is 4.90 Å². The van der Waals surface area contributed by atoms with Gasteiger partial charge in [0.05, 0.1) is 17.3 Å². The molecule has 1 saturated carbocycles. The zero-order valence-electron chi connectivity index (χ0n) is 25.9. The van der Waals surface area contributed by atoms with Crippen LogP contribution >= 0.6 is 11.6 Å². The topological polar surface area (TPSA) is 69.4 Å². The van der Waals surface area contributed by atoms with Gasteiger partial charge >= 0.3 is 6.01 Å². The first kappa shape index (κ1) is 31.1. The summed E-state index contributed by atoms with van der Waals surface area (Å²) in [6.45, 7) is 16.9. The van der Waals surface area contributed by atoms with Crippen LogP contribution < -0.4 is 14.5 Å². The van der Waals surface area contributed by atoms with E-state index in [0.29, 0.717) is 63.6 Å². The zero-order valence-corrected chi connectivity index (χ0v) is 26.6. The van der Waals surface area contributed by atoms with Crippen molar-refractivity contribution >= 4 is 39.8 Å². The van der Waals surface area contributed by atoms with Crippen LogP contribution in [-0.4, -0.2) is 96.4 Å². The molecular formula is C34H39ClFN7O2. The van der Waals surface area contributed by atoms with Gasteiger partial charge in [0.1, 0.15) is 24.1 Å². The number of benzene rings is 2. The van der Waals surface area contributed by atoms with Crippen molar-refractivity contribution in [3.05, 3.63) is 76.8 Å². The van der Waals surface area contributed by atoms with Gasteiger partial charge in [0.25, 0.3) is 0 Å². The molecule has 2 fully saturated rings. The second-order valence-electron chi connectivity index (χ2n) is 12.4. The van der Waals surface area contributed by atoms with E-state index in [2.05, 4.69) is 39.4 Å². The number of likely N-dealkylation sites (N-methyl/N-ethyl adjacent to an activating group) is 1. The van der Waals surface area contributed by atoms with E-state index in [1.807, 2.05) is 37.1 Å². The number of piperazine rings is 1.